The summed E-state index contributed by atoms with van der Waals surface area (Å²) in [7, 11) is 0. The number of halogens is 1. The van der Waals surface area contributed by atoms with Gasteiger partial charge in [-0.1, -0.05) is 22.0 Å². The Morgan fingerprint density at radius 1 is 1.54 bits per heavy atom. The van der Waals surface area contributed by atoms with Gasteiger partial charge in [-0.2, -0.15) is 0 Å². The van der Waals surface area contributed by atoms with Gasteiger partial charge in [0, 0.05) is 16.2 Å². The molecule has 0 aromatic heterocycles. The first-order chi connectivity index (χ1) is 6.09. The third-order valence-electron chi connectivity index (χ3n) is 1.43. The van der Waals surface area contributed by atoms with Crippen LogP contribution in [0.3, 0.4) is 0 Å². The van der Waals surface area contributed by atoms with Gasteiger partial charge in [-0.15, -0.1) is 0 Å². The summed E-state index contributed by atoms with van der Waals surface area (Å²) < 4.78 is 0.782. The molecule has 0 atom stereocenters. The van der Waals surface area contributed by atoms with Crippen molar-refractivity contribution < 1.29 is 9.90 Å². The van der Waals surface area contributed by atoms with Crippen molar-refractivity contribution in [2.24, 2.45) is 0 Å². The zero-order chi connectivity index (χ0) is 9.84. The van der Waals surface area contributed by atoms with E-state index in [-0.39, 0.29) is 0 Å². The number of nitrogen functional groups attached to an aromatic ring is 1. The van der Waals surface area contributed by atoms with Crippen LogP contribution < -0.4 is 5.73 Å². The second kappa shape index (κ2) is 4.09. The molecule has 4 heteroatoms. The van der Waals surface area contributed by atoms with Gasteiger partial charge in [0.1, 0.15) is 0 Å². The van der Waals surface area contributed by atoms with E-state index in [2.05, 4.69) is 15.9 Å². The Balaban J connectivity index is 2.96. The summed E-state index contributed by atoms with van der Waals surface area (Å²) in [6, 6.07) is 5.19. The summed E-state index contributed by atoms with van der Waals surface area (Å²) in [5.74, 6) is -0.969. The zero-order valence-corrected chi connectivity index (χ0v) is 8.28. The average molecular weight is 242 g/mol. The fraction of sp³-hybridized carbons (Fsp3) is 0. The van der Waals surface area contributed by atoms with E-state index in [1.54, 1.807) is 18.2 Å². The number of carbonyl (C=O) groups is 1. The Morgan fingerprint density at radius 3 is 2.77 bits per heavy atom. The molecule has 13 heavy (non-hydrogen) atoms. The Bertz CT molecular complexity index is 361. The van der Waals surface area contributed by atoms with Crippen molar-refractivity contribution in [3.63, 3.8) is 0 Å². The molecular formula is C9H8BrNO2. The number of nitrogens with two attached hydrogens (primary N) is 1. The largest absolute Gasteiger partial charge is 0.478 e. The van der Waals surface area contributed by atoms with E-state index in [0.717, 1.165) is 16.1 Å². The number of carboxylic acids is 1. The number of benzene rings is 1. The highest BCUT2D eigenvalue weighted by Gasteiger charge is 1.96. The SMILES string of the molecule is Nc1ccc(/C=C/C(=O)O)c(Br)c1. The highest BCUT2D eigenvalue weighted by Crippen LogP contribution is 2.20. The zero-order valence-electron chi connectivity index (χ0n) is 6.70. The predicted molar refractivity (Wildman–Crippen MR) is 55.2 cm³/mol. The molecule has 0 aliphatic heterocycles. The number of anilines is 1. The van der Waals surface area contributed by atoms with Gasteiger partial charge in [-0.25, -0.2) is 4.79 Å². The normalized spacial score (nSPS) is 10.5. The van der Waals surface area contributed by atoms with Gasteiger partial charge in [-0.05, 0) is 23.8 Å². The third kappa shape index (κ3) is 2.91. The van der Waals surface area contributed by atoms with Gasteiger partial charge in [0.25, 0.3) is 0 Å². The fourth-order valence-electron chi connectivity index (χ4n) is 0.840. The van der Waals surface area contributed by atoms with Crippen molar-refractivity contribution in [1.82, 2.24) is 0 Å². The van der Waals surface area contributed by atoms with Gasteiger partial charge in [0.05, 0.1) is 0 Å². The maximum Gasteiger partial charge on any atom is 0.328 e. The molecule has 1 aromatic carbocycles. The molecule has 1 aromatic rings. The second-order valence-electron chi connectivity index (χ2n) is 2.45. The molecule has 0 bridgehead atoms. The molecule has 0 amide bonds. The van der Waals surface area contributed by atoms with Crippen LogP contribution in [0.4, 0.5) is 5.69 Å². The Hall–Kier alpha value is -1.29. The number of aliphatic carboxylic acids is 1. The van der Waals surface area contributed by atoms with Crippen molar-refractivity contribution in [3.05, 3.63) is 34.3 Å². The molecular weight excluding hydrogens is 234 g/mol. The lowest BCUT2D eigenvalue weighted by molar-refractivity contribution is -0.131. The van der Waals surface area contributed by atoms with Crippen LogP contribution in [-0.2, 0) is 4.79 Å². The van der Waals surface area contributed by atoms with Gasteiger partial charge < -0.3 is 10.8 Å². The standard InChI is InChI=1S/C9H8BrNO2/c10-8-5-7(11)3-1-6(8)2-4-9(12)13/h1-5H,11H2,(H,12,13)/b4-2+. The van der Waals surface area contributed by atoms with E-state index >= 15 is 0 Å². The molecule has 0 heterocycles. The highest BCUT2D eigenvalue weighted by atomic mass is 79.9. The molecule has 1 rings (SSSR count). The van der Waals surface area contributed by atoms with Crippen LogP contribution in [-0.4, -0.2) is 11.1 Å². The minimum absolute atomic E-state index is 0.638. The predicted octanol–water partition coefficient (Wildman–Crippen LogP) is 2.13. The second-order valence-corrected chi connectivity index (χ2v) is 3.31. The minimum atomic E-state index is -0.969. The third-order valence-corrected chi connectivity index (χ3v) is 2.12. The molecule has 3 nitrogen and oxygen atoms in total. The van der Waals surface area contributed by atoms with E-state index < -0.39 is 5.97 Å². The summed E-state index contributed by atoms with van der Waals surface area (Å²) in [5.41, 5.74) is 6.94. The van der Waals surface area contributed by atoms with Crippen molar-refractivity contribution in [2.45, 2.75) is 0 Å². The Labute approximate surface area is 84.0 Å². The van der Waals surface area contributed by atoms with Crippen molar-refractivity contribution >= 4 is 33.7 Å². The van der Waals surface area contributed by atoms with Crippen LogP contribution in [0.2, 0.25) is 0 Å². The Morgan fingerprint density at radius 2 is 2.23 bits per heavy atom. The molecule has 3 N–H and O–H groups in total. The van der Waals surface area contributed by atoms with E-state index in [1.165, 1.54) is 6.08 Å². The van der Waals surface area contributed by atoms with Crippen LogP contribution in [0.25, 0.3) is 6.08 Å². The van der Waals surface area contributed by atoms with Crippen LogP contribution in [0, 0.1) is 0 Å². The van der Waals surface area contributed by atoms with E-state index in [1.807, 2.05) is 0 Å². The molecule has 0 aliphatic carbocycles. The summed E-state index contributed by atoms with van der Waals surface area (Å²) in [6.45, 7) is 0. The smallest absolute Gasteiger partial charge is 0.328 e. The Kier molecular flexibility index (Phi) is 3.08. The first kappa shape index (κ1) is 9.80. The molecule has 68 valence electrons. The number of rotatable bonds is 2. The van der Waals surface area contributed by atoms with Gasteiger partial charge in [0.15, 0.2) is 0 Å². The number of hydrogen-bond acceptors (Lipinski definition) is 2. The molecule has 0 saturated heterocycles. The summed E-state index contributed by atoms with van der Waals surface area (Å²) in [6.07, 6.45) is 2.59. The van der Waals surface area contributed by atoms with E-state index in [9.17, 15) is 4.79 Å². The first-order valence-electron chi connectivity index (χ1n) is 3.55. The molecule has 0 saturated carbocycles. The topological polar surface area (TPSA) is 63.3 Å². The maximum atomic E-state index is 10.2. The van der Waals surface area contributed by atoms with Crippen LogP contribution >= 0.6 is 15.9 Å². The summed E-state index contributed by atoms with van der Waals surface area (Å²) in [4.78, 5) is 10.2. The number of carboxylic acid groups (broad SMARTS) is 1. The first-order valence-corrected chi connectivity index (χ1v) is 4.35. The van der Waals surface area contributed by atoms with E-state index in [4.69, 9.17) is 10.8 Å². The molecule has 0 aliphatic rings. The fourth-order valence-corrected chi connectivity index (χ4v) is 1.37. The maximum absolute atomic E-state index is 10.2. The van der Waals surface area contributed by atoms with Gasteiger partial charge >= 0.3 is 5.97 Å². The van der Waals surface area contributed by atoms with Crippen LogP contribution in [0.1, 0.15) is 5.56 Å². The van der Waals surface area contributed by atoms with Crippen molar-refractivity contribution in [1.29, 1.82) is 0 Å². The van der Waals surface area contributed by atoms with Crippen molar-refractivity contribution in [3.8, 4) is 0 Å². The molecule has 0 fully saturated rings. The monoisotopic (exact) mass is 241 g/mol. The molecule has 0 radical (unpaired) electrons. The van der Waals surface area contributed by atoms with Gasteiger partial charge in [0.2, 0.25) is 0 Å². The lowest BCUT2D eigenvalue weighted by Gasteiger charge is -1.98. The lowest BCUT2D eigenvalue weighted by Crippen LogP contribution is -1.88. The quantitative estimate of drug-likeness (QED) is 0.616. The van der Waals surface area contributed by atoms with Crippen LogP contribution in [0.15, 0.2) is 28.7 Å². The molecule has 0 spiro atoms. The van der Waals surface area contributed by atoms with Gasteiger partial charge in [-0.3, -0.25) is 0 Å². The summed E-state index contributed by atoms with van der Waals surface area (Å²) >= 11 is 3.27. The highest BCUT2D eigenvalue weighted by molar-refractivity contribution is 9.10. The summed E-state index contributed by atoms with van der Waals surface area (Å²) in [5, 5.41) is 8.39. The minimum Gasteiger partial charge on any atom is -0.478 e. The van der Waals surface area contributed by atoms with Crippen molar-refractivity contribution in [2.75, 3.05) is 5.73 Å². The van der Waals surface area contributed by atoms with E-state index in [0.29, 0.717) is 5.69 Å². The lowest BCUT2D eigenvalue weighted by atomic mass is 10.2. The molecule has 0 unspecified atom stereocenters. The average Bonchev–Trinajstić information content (AvgIpc) is 2.02. The number of hydrogen-bond donors (Lipinski definition) is 2. The van der Waals surface area contributed by atoms with Crippen LogP contribution in [0.5, 0.6) is 0 Å².